The van der Waals surface area contributed by atoms with Crippen LogP contribution in [0.2, 0.25) is 0 Å². The molecule has 1 unspecified atom stereocenters. The van der Waals surface area contributed by atoms with E-state index in [1.165, 1.54) is 0 Å². The van der Waals surface area contributed by atoms with E-state index in [2.05, 4.69) is 31.6 Å². The van der Waals surface area contributed by atoms with Gasteiger partial charge in [-0.25, -0.2) is 5.43 Å². The molecule has 0 amide bonds. The molecule has 2 heterocycles. The van der Waals surface area contributed by atoms with Gasteiger partial charge in [0.05, 0.1) is 28.1 Å². The number of halogens is 1. The third-order valence-corrected chi connectivity index (χ3v) is 3.84. The van der Waals surface area contributed by atoms with E-state index in [0.29, 0.717) is 0 Å². The summed E-state index contributed by atoms with van der Waals surface area (Å²) < 4.78 is 4.59. The zero-order valence-corrected chi connectivity index (χ0v) is 12.5. The minimum absolute atomic E-state index is 0.138. The lowest BCUT2D eigenvalue weighted by Gasteiger charge is -2.18. The van der Waals surface area contributed by atoms with E-state index in [-0.39, 0.29) is 6.04 Å². The first kappa shape index (κ1) is 13.3. The fraction of sp³-hybridized carbons (Fsp3) is 0.455. The third-order valence-electron chi connectivity index (χ3n) is 3.23. The second-order valence-electron chi connectivity index (χ2n) is 4.31. The number of aryl methyl sites for hydroxylation is 3. The first-order valence-electron chi connectivity index (χ1n) is 5.61. The van der Waals surface area contributed by atoms with Gasteiger partial charge in [0.25, 0.3) is 0 Å². The van der Waals surface area contributed by atoms with Crippen molar-refractivity contribution in [1.29, 1.82) is 0 Å². The second kappa shape index (κ2) is 4.83. The van der Waals surface area contributed by atoms with Gasteiger partial charge in [0.2, 0.25) is 0 Å². The first-order valence-corrected chi connectivity index (χ1v) is 6.40. The molecule has 1 atom stereocenters. The summed E-state index contributed by atoms with van der Waals surface area (Å²) >= 11 is 3.51. The van der Waals surface area contributed by atoms with Crippen LogP contribution in [-0.4, -0.2) is 19.6 Å². The Kier molecular flexibility index (Phi) is 3.56. The quantitative estimate of drug-likeness (QED) is 0.657. The molecule has 0 saturated heterocycles. The molecule has 0 aliphatic rings. The summed E-state index contributed by atoms with van der Waals surface area (Å²) in [6.07, 6.45) is 1.76. The maximum Gasteiger partial charge on any atom is 0.0925 e. The molecular weight excluding hydrogens is 296 g/mol. The lowest BCUT2D eigenvalue weighted by atomic mass is 10.0. The van der Waals surface area contributed by atoms with Crippen LogP contribution in [0.5, 0.6) is 0 Å². The van der Waals surface area contributed by atoms with Crippen molar-refractivity contribution < 1.29 is 0 Å². The van der Waals surface area contributed by atoms with Gasteiger partial charge < -0.3 is 0 Å². The largest absolute Gasteiger partial charge is 0.272 e. The Morgan fingerprint density at radius 3 is 2.39 bits per heavy atom. The van der Waals surface area contributed by atoms with Gasteiger partial charge in [-0.05, 0) is 29.8 Å². The highest BCUT2D eigenvalue weighted by Crippen LogP contribution is 2.30. The van der Waals surface area contributed by atoms with Gasteiger partial charge in [0.15, 0.2) is 0 Å². The molecule has 3 N–H and O–H groups in total. The Bertz CT molecular complexity index is 551. The van der Waals surface area contributed by atoms with Crippen molar-refractivity contribution in [3.63, 3.8) is 0 Å². The molecule has 6 nitrogen and oxygen atoms in total. The lowest BCUT2D eigenvalue weighted by molar-refractivity contribution is 0.568. The van der Waals surface area contributed by atoms with Crippen molar-refractivity contribution in [2.45, 2.75) is 19.9 Å². The van der Waals surface area contributed by atoms with Crippen molar-refractivity contribution in [2.24, 2.45) is 19.9 Å². The molecule has 0 saturated carbocycles. The van der Waals surface area contributed by atoms with Crippen LogP contribution in [0, 0.1) is 13.8 Å². The summed E-state index contributed by atoms with van der Waals surface area (Å²) in [7, 11) is 3.82. The average molecular weight is 313 g/mol. The van der Waals surface area contributed by atoms with Crippen LogP contribution in [0.15, 0.2) is 10.7 Å². The van der Waals surface area contributed by atoms with Crippen molar-refractivity contribution >= 4 is 15.9 Å². The first-order chi connectivity index (χ1) is 8.47. The van der Waals surface area contributed by atoms with Gasteiger partial charge in [0, 0.05) is 25.4 Å². The molecule has 7 heteroatoms. The van der Waals surface area contributed by atoms with E-state index in [4.69, 9.17) is 5.84 Å². The summed E-state index contributed by atoms with van der Waals surface area (Å²) in [5.74, 6) is 5.73. The van der Waals surface area contributed by atoms with Crippen LogP contribution >= 0.6 is 15.9 Å². The van der Waals surface area contributed by atoms with Crippen LogP contribution in [-0.2, 0) is 14.1 Å². The topological polar surface area (TPSA) is 73.7 Å². The molecular formula is C11H17BrN6. The van der Waals surface area contributed by atoms with Gasteiger partial charge in [-0.15, -0.1) is 0 Å². The lowest BCUT2D eigenvalue weighted by Crippen LogP contribution is -2.31. The Balaban J connectivity index is 2.59. The summed E-state index contributed by atoms with van der Waals surface area (Å²) in [5.41, 5.74) is 6.97. The van der Waals surface area contributed by atoms with Crippen molar-refractivity contribution in [2.75, 3.05) is 0 Å². The monoisotopic (exact) mass is 312 g/mol. The van der Waals surface area contributed by atoms with E-state index in [0.717, 1.165) is 27.1 Å². The van der Waals surface area contributed by atoms with E-state index in [1.807, 2.05) is 32.6 Å². The predicted octanol–water partition coefficient (Wildman–Crippen LogP) is 1.09. The SMILES string of the molecule is Cc1nn(C)c(C)c1C(NN)c1c(Br)cnn1C. The van der Waals surface area contributed by atoms with Gasteiger partial charge >= 0.3 is 0 Å². The van der Waals surface area contributed by atoms with E-state index in [9.17, 15) is 0 Å². The Labute approximate surface area is 114 Å². The van der Waals surface area contributed by atoms with Gasteiger partial charge in [-0.3, -0.25) is 15.2 Å². The minimum atomic E-state index is -0.138. The van der Waals surface area contributed by atoms with Gasteiger partial charge in [-0.2, -0.15) is 10.2 Å². The van der Waals surface area contributed by atoms with Crippen LogP contribution in [0.4, 0.5) is 0 Å². The zero-order chi connectivity index (χ0) is 13.4. The number of nitrogens with zero attached hydrogens (tertiary/aromatic N) is 4. The normalized spacial score (nSPS) is 13.0. The van der Waals surface area contributed by atoms with Gasteiger partial charge in [-0.1, -0.05) is 0 Å². The highest BCUT2D eigenvalue weighted by molar-refractivity contribution is 9.10. The molecule has 0 aliphatic carbocycles. The molecule has 0 aliphatic heterocycles. The van der Waals surface area contributed by atoms with Crippen LogP contribution in [0.1, 0.15) is 28.7 Å². The maximum absolute atomic E-state index is 5.73. The summed E-state index contributed by atoms with van der Waals surface area (Å²) in [6.45, 7) is 4.01. The predicted molar refractivity (Wildman–Crippen MR) is 72.8 cm³/mol. The molecule has 0 fully saturated rings. The molecule has 18 heavy (non-hydrogen) atoms. The number of nitrogens with two attached hydrogens (primary N) is 1. The van der Waals surface area contributed by atoms with E-state index in [1.54, 1.807) is 10.9 Å². The molecule has 98 valence electrons. The smallest absolute Gasteiger partial charge is 0.0925 e. The number of hydrogen-bond donors (Lipinski definition) is 2. The number of aromatic nitrogens is 4. The van der Waals surface area contributed by atoms with Crippen LogP contribution in [0.3, 0.4) is 0 Å². The van der Waals surface area contributed by atoms with Crippen molar-refractivity contribution in [3.05, 3.63) is 33.3 Å². The number of rotatable bonds is 3. The average Bonchev–Trinajstić information content (AvgIpc) is 2.76. The minimum Gasteiger partial charge on any atom is -0.272 e. The molecule has 2 aromatic rings. The molecule has 0 spiro atoms. The summed E-state index contributed by atoms with van der Waals surface area (Å²) in [6, 6.07) is -0.138. The Hall–Kier alpha value is -1.18. The molecule has 0 radical (unpaired) electrons. The standard InChI is InChI=1S/C11H17BrN6/c1-6-9(7(2)17(3)16-6)10(15-13)11-8(12)5-14-18(11)4/h5,10,15H,13H2,1-4H3. The highest BCUT2D eigenvalue weighted by atomic mass is 79.9. The molecule has 2 aromatic heterocycles. The van der Waals surface area contributed by atoms with E-state index < -0.39 is 0 Å². The van der Waals surface area contributed by atoms with Crippen LogP contribution < -0.4 is 11.3 Å². The fourth-order valence-electron chi connectivity index (χ4n) is 2.25. The summed E-state index contributed by atoms with van der Waals surface area (Å²) in [4.78, 5) is 0. The van der Waals surface area contributed by atoms with Crippen molar-refractivity contribution in [1.82, 2.24) is 25.0 Å². The van der Waals surface area contributed by atoms with E-state index >= 15 is 0 Å². The molecule has 0 aromatic carbocycles. The summed E-state index contributed by atoms with van der Waals surface area (Å²) in [5, 5.41) is 8.65. The molecule has 2 rings (SSSR count). The Morgan fingerprint density at radius 1 is 1.33 bits per heavy atom. The zero-order valence-electron chi connectivity index (χ0n) is 10.9. The fourth-order valence-corrected chi connectivity index (χ4v) is 2.83. The maximum atomic E-state index is 5.73. The Morgan fingerprint density at radius 2 is 2.00 bits per heavy atom. The van der Waals surface area contributed by atoms with Crippen LogP contribution in [0.25, 0.3) is 0 Å². The van der Waals surface area contributed by atoms with Gasteiger partial charge in [0.1, 0.15) is 0 Å². The van der Waals surface area contributed by atoms with Crippen molar-refractivity contribution in [3.8, 4) is 0 Å². The number of hydrogen-bond acceptors (Lipinski definition) is 4. The third kappa shape index (κ3) is 1.98. The number of hydrazine groups is 1. The molecule has 0 bridgehead atoms. The second-order valence-corrected chi connectivity index (χ2v) is 5.16. The number of nitrogens with one attached hydrogen (secondary N) is 1. The highest BCUT2D eigenvalue weighted by Gasteiger charge is 2.25.